The average molecular weight is 341 g/mol. The molecule has 25 heavy (non-hydrogen) atoms. The van der Waals surface area contributed by atoms with Crippen LogP contribution in [0.3, 0.4) is 0 Å². The number of carbonyl (C=O) groups excluding carboxylic acids is 1. The van der Waals surface area contributed by atoms with Gasteiger partial charge in [-0.05, 0) is 30.3 Å². The highest BCUT2D eigenvalue weighted by molar-refractivity contribution is 6.03. The molecule has 2 aromatic heterocycles. The van der Waals surface area contributed by atoms with Gasteiger partial charge in [-0.15, -0.1) is 0 Å². The Morgan fingerprint density at radius 2 is 1.84 bits per heavy atom. The van der Waals surface area contributed by atoms with Gasteiger partial charge in [0.15, 0.2) is 0 Å². The number of benzene rings is 1. The number of nitrogens with zero attached hydrogens (tertiary/aromatic N) is 4. The van der Waals surface area contributed by atoms with E-state index in [1.807, 2.05) is 0 Å². The highest BCUT2D eigenvalue weighted by Gasteiger charge is 2.13. The van der Waals surface area contributed by atoms with Crippen molar-refractivity contribution < 1.29 is 13.6 Å². The highest BCUT2D eigenvalue weighted by atomic mass is 19.1. The van der Waals surface area contributed by atoms with E-state index >= 15 is 0 Å². The predicted molar refractivity (Wildman–Crippen MR) is 88.6 cm³/mol. The predicted octanol–water partition coefficient (Wildman–Crippen LogP) is 3.17. The van der Waals surface area contributed by atoms with Gasteiger partial charge in [0.05, 0.1) is 30.0 Å². The summed E-state index contributed by atoms with van der Waals surface area (Å²) in [6.45, 7) is 0. The molecule has 0 fully saturated rings. The molecule has 0 atom stereocenters. The first kappa shape index (κ1) is 16.4. The molecular formula is C17H13F2N5O. The van der Waals surface area contributed by atoms with Crippen molar-refractivity contribution in [1.82, 2.24) is 15.0 Å². The van der Waals surface area contributed by atoms with Gasteiger partial charge in [-0.3, -0.25) is 4.79 Å². The van der Waals surface area contributed by atoms with Gasteiger partial charge in [0.2, 0.25) is 0 Å². The van der Waals surface area contributed by atoms with Gasteiger partial charge in [0.1, 0.15) is 23.7 Å². The van der Waals surface area contributed by atoms with Crippen LogP contribution >= 0.6 is 0 Å². The number of nitrogens with one attached hydrogen (secondary N) is 1. The number of hydrogen-bond donors (Lipinski definition) is 1. The molecule has 3 rings (SSSR count). The first-order valence-corrected chi connectivity index (χ1v) is 7.26. The largest absolute Gasteiger partial charge is 0.340 e. The van der Waals surface area contributed by atoms with Crippen molar-refractivity contribution in [1.29, 1.82) is 0 Å². The Kier molecular flexibility index (Phi) is 4.60. The number of hydrogen-bond acceptors (Lipinski definition) is 5. The number of amides is 1. The monoisotopic (exact) mass is 341 g/mol. The lowest BCUT2D eigenvalue weighted by atomic mass is 10.2. The van der Waals surface area contributed by atoms with Crippen LogP contribution in [0.1, 0.15) is 10.5 Å². The lowest BCUT2D eigenvalue weighted by Crippen LogP contribution is -2.15. The van der Waals surface area contributed by atoms with Crippen LogP contribution in [0.4, 0.5) is 25.8 Å². The molecule has 3 aromatic rings. The third-order valence-electron chi connectivity index (χ3n) is 3.46. The molecular weight excluding hydrogens is 328 g/mol. The minimum absolute atomic E-state index is 0.0529. The zero-order chi connectivity index (χ0) is 17.8. The van der Waals surface area contributed by atoms with E-state index in [1.165, 1.54) is 30.6 Å². The summed E-state index contributed by atoms with van der Waals surface area (Å²) in [6, 6.07) is 6.55. The van der Waals surface area contributed by atoms with E-state index in [9.17, 15) is 13.6 Å². The van der Waals surface area contributed by atoms with Gasteiger partial charge >= 0.3 is 0 Å². The second-order valence-electron chi connectivity index (χ2n) is 5.14. The maximum Gasteiger partial charge on any atom is 0.274 e. The van der Waals surface area contributed by atoms with Crippen LogP contribution in [0.2, 0.25) is 0 Å². The molecule has 0 spiro atoms. The molecule has 1 amide bonds. The Balaban J connectivity index is 1.84. The first-order chi connectivity index (χ1) is 12.0. The standard InChI is InChI=1S/C17H13F2N5O/c1-24(13-8-20-10-21-9-13)16-6-12(3-4-14(16)19)23-17(25)15-5-2-11(18)7-22-15/h2-10H,1H3,(H,23,25). The van der Waals surface area contributed by atoms with Crippen LogP contribution < -0.4 is 10.2 Å². The topological polar surface area (TPSA) is 71.0 Å². The fraction of sp³-hybridized carbons (Fsp3) is 0.0588. The minimum Gasteiger partial charge on any atom is -0.340 e. The van der Waals surface area contributed by atoms with E-state index < -0.39 is 17.5 Å². The van der Waals surface area contributed by atoms with E-state index in [0.717, 1.165) is 12.3 Å². The van der Waals surface area contributed by atoms with Gasteiger partial charge < -0.3 is 10.2 Å². The summed E-state index contributed by atoms with van der Waals surface area (Å²) in [5.41, 5.74) is 1.25. The zero-order valence-corrected chi connectivity index (χ0v) is 13.1. The zero-order valence-electron chi connectivity index (χ0n) is 13.1. The maximum absolute atomic E-state index is 14.2. The van der Waals surface area contributed by atoms with E-state index in [-0.39, 0.29) is 11.4 Å². The molecule has 1 N–H and O–H groups in total. The van der Waals surface area contributed by atoms with Gasteiger partial charge in [-0.25, -0.2) is 23.7 Å². The van der Waals surface area contributed by atoms with Crippen molar-refractivity contribution in [3.05, 3.63) is 72.6 Å². The van der Waals surface area contributed by atoms with E-state index in [4.69, 9.17) is 0 Å². The molecule has 0 radical (unpaired) electrons. The van der Waals surface area contributed by atoms with Gasteiger partial charge in [0, 0.05) is 12.7 Å². The van der Waals surface area contributed by atoms with Crippen LogP contribution in [-0.2, 0) is 0 Å². The molecule has 0 unspecified atom stereocenters. The molecule has 0 aliphatic carbocycles. The number of rotatable bonds is 4. The molecule has 8 heteroatoms. The number of carbonyl (C=O) groups is 1. The molecule has 126 valence electrons. The molecule has 0 aliphatic rings. The van der Waals surface area contributed by atoms with Crippen molar-refractivity contribution in [2.24, 2.45) is 0 Å². The van der Waals surface area contributed by atoms with Crippen LogP contribution in [0.25, 0.3) is 0 Å². The average Bonchev–Trinajstić information content (AvgIpc) is 2.64. The molecule has 0 bridgehead atoms. The number of aromatic nitrogens is 3. The van der Waals surface area contributed by atoms with Crippen molar-refractivity contribution in [2.75, 3.05) is 17.3 Å². The molecule has 1 aromatic carbocycles. The van der Waals surface area contributed by atoms with Crippen molar-refractivity contribution >= 4 is 23.0 Å². The summed E-state index contributed by atoms with van der Waals surface area (Å²) >= 11 is 0. The number of anilines is 3. The Bertz CT molecular complexity index is 887. The summed E-state index contributed by atoms with van der Waals surface area (Å²) in [5, 5.41) is 2.60. The molecule has 2 heterocycles. The van der Waals surface area contributed by atoms with Crippen molar-refractivity contribution in [3.63, 3.8) is 0 Å². The normalized spacial score (nSPS) is 10.4. The van der Waals surface area contributed by atoms with Crippen LogP contribution in [0.15, 0.2) is 55.2 Å². The summed E-state index contributed by atoms with van der Waals surface area (Å²) in [5.74, 6) is -1.53. The molecule has 6 nitrogen and oxygen atoms in total. The van der Waals surface area contributed by atoms with Crippen molar-refractivity contribution in [3.8, 4) is 0 Å². The molecule has 0 aliphatic heterocycles. The SMILES string of the molecule is CN(c1cncnc1)c1cc(NC(=O)c2ccc(F)cn2)ccc1F. The fourth-order valence-electron chi connectivity index (χ4n) is 2.16. The minimum atomic E-state index is -0.535. The second kappa shape index (κ2) is 7.00. The number of pyridine rings is 1. The molecule has 0 saturated heterocycles. The third-order valence-corrected chi connectivity index (χ3v) is 3.46. The van der Waals surface area contributed by atoms with E-state index in [0.29, 0.717) is 11.4 Å². The smallest absolute Gasteiger partial charge is 0.274 e. The number of halogens is 2. The van der Waals surface area contributed by atoms with Crippen LogP contribution in [0.5, 0.6) is 0 Å². The Morgan fingerprint density at radius 3 is 2.52 bits per heavy atom. The maximum atomic E-state index is 14.2. The van der Waals surface area contributed by atoms with Gasteiger partial charge in [0.25, 0.3) is 5.91 Å². The van der Waals surface area contributed by atoms with Crippen LogP contribution in [0, 0.1) is 11.6 Å². The van der Waals surface area contributed by atoms with Crippen molar-refractivity contribution in [2.45, 2.75) is 0 Å². The Labute approximate surface area is 142 Å². The first-order valence-electron chi connectivity index (χ1n) is 7.26. The Morgan fingerprint density at radius 1 is 1.08 bits per heavy atom. The quantitative estimate of drug-likeness (QED) is 0.789. The van der Waals surface area contributed by atoms with Gasteiger partial charge in [-0.2, -0.15) is 0 Å². The van der Waals surface area contributed by atoms with E-state index in [1.54, 1.807) is 24.3 Å². The summed E-state index contributed by atoms with van der Waals surface area (Å²) in [4.78, 5) is 25.2. The van der Waals surface area contributed by atoms with E-state index in [2.05, 4.69) is 20.3 Å². The molecule has 0 saturated carbocycles. The lowest BCUT2D eigenvalue weighted by Gasteiger charge is -2.20. The fourth-order valence-corrected chi connectivity index (χ4v) is 2.16. The van der Waals surface area contributed by atoms with Crippen LogP contribution in [-0.4, -0.2) is 27.9 Å². The summed E-state index contributed by atoms with van der Waals surface area (Å²) in [6.07, 6.45) is 5.41. The summed E-state index contributed by atoms with van der Waals surface area (Å²) in [7, 11) is 1.66. The summed E-state index contributed by atoms with van der Waals surface area (Å²) < 4.78 is 27.0. The Hall–Kier alpha value is -3.42. The lowest BCUT2D eigenvalue weighted by molar-refractivity contribution is 0.102. The third kappa shape index (κ3) is 3.74. The van der Waals surface area contributed by atoms with Gasteiger partial charge in [-0.1, -0.05) is 0 Å². The highest BCUT2D eigenvalue weighted by Crippen LogP contribution is 2.28. The second-order valence-corrected chi connectivity index (χ2v) is 5.14.